The van der Waals surface area contributed by atoms with E-state index in [2.05, 4.69) is 47.4 Å². The van der Waals surface area contributed by atoms with E-state index >= 15 is 0 Å². The van der Waals surface area contributed by atoms with Crippen molar-refractivity contribution in [2.24, 2.45) is 4.99 Å². The molecule has 0 unspecified atom stereocenters. The van der Waals surface area contributed by atoms with Crippen molar-refractivity contribution in [3.63, 3.8) is 0 Å². The maximum absolute atomic E-state index is 5.83. The average Bonchev–Trinajstić information content (AvgIpc) is 3.37. The van der Waals surface area contributed by atoms with Gasteiger partial charge in [-0.05, 0) is 23.8 Å². The number of hydrogen-bond acceptors (Lipinski definition) is 5. The molecule has 2 N–H and O–H groups in total. The Morgan fingerprint density at radius 1 is 1.09 bits per heavy atom. The SMILES string of the molecule is CN=C(NCc1cccc(-c2ncn[nH]2)c1)N1CCN(CCOc2ccccc2)CC1.I. The lowest BCUT2D eigenvalue weighted by Crippen LogP contribution is -2.52. The summed E-state index contributed by atoms with van der Waals surface area (Å²) in [5.41, 5.74) is 2.20. The molecule has 2 heterocycles. The highest BCUT2D eigenvalue weighted by atomic mass is 127. The highest BCUT2D eigenvalue weighted by Gasteiger charge is 2.19. The molecule has 1 aliphatic rings. The van der Waals surface area contributed by atoms with Gasteiger partial charge in [0.2, 0.25) is 0 Å². The van der Waals surface area contributed by atoms with Crippen LogP contribution in [-0.4, -0.2) is 77.3 Å². The minimum absolute atomic E-state index is 0. The summed E-state index contributed by atoms with van der Waals surface area (Å²) < 4.78 is 5.83. The molecule has 0 radical (unpaired) electrons. The summed E-state index contributed by atoms with van der Waals surface area (Å²) in [7, 11) is 1.84. The molecule has 1 saturated heterocycles. The number of benzene rings is 2. The second-order valence-electron chi connectivity index (χ2n) is 7.43. The smallest absolute Gasteiger partial charge is 0.194 e. The largest absolute Gasteiger partial charge is 0.492 e. The zero-order valence-corrected chi connectivity index (χ0v) is 20.6. The van der Waals surface area contributed by atoms with Crippen LogP contribution in [0.3, 0.4) is 0 Å². The summed E-state index contributed by atoms with van der Waals surface area (Å²) >= 11 is 0. The van der Waals surface area contributed by atoms with Crippen LogP contribution in [0.15, 0.2) is 65.9 Å². The van der Waals surface area contributed by atoms with E-state index in [1.165, 1.54) is 11.9 Å². The van der Waals surface area contributed by atoms with Gasteiger partial charge in [-0.3, -0.25) is 15.0 Å². The highest BCUT2D eigenvalue weighted by molar-refractivity contribution is 14.0. The maximum Gasteiger partial charge on any atom is 0.194 e. The van der Waals surface area contributed by atoms with Crippen molar-refractivity contribution in [2.75, 3.05) is 46.4 Å². The van der Waals surface area contributed by atoms with E-state index in [4.69, 9.17) is 4.74 Å². The second-order valence-corrected chi connectivity index (χ2v) is 7.43. The van der Waals surface area contributed by atoms with Gasteiger partial charge < -0.3 is 15.0 Å². The number of aromatic nitrogens is 3. The minimum Gasteiger partial charge on any atom is -0.492 e. The number of para-hydroxylation sites is 1. The van der Waals surface area contributed by atoms with Crippen LogP contribution in [0.5, 0.6) is 5.75 Å². The summed E-state index contributed by atoms with van der Waals surface area (Å²) in [5.74, 6) is 2.64. The van der Waals surface area contributed by atoms with E-state index in [1.54, 1.807) is 0 Å². The Kier molecular flexibility index (Phi) is 9.29. The fourth-order valence-electron chi connectivity index (χ4n) is 3.68. The lowest BCUT2D eigenvalue weighted by Gasteiger charge is -2.36. The van der Waals surface area contributed by atoms with Gasteiger partial charge in [0.15, 0.2) is 11.8 Å². The van der Waals surface area contributed by atoms with Crippen LogP contribution in [0.25, 0.3) is 11.4 Å². The molecule has 1 fully saturated rings. The van der Waals surface area contributed by atoms with Gasteiger partial charge in [-0.1, -0.05) is 36.4 Å². The van der Waals surface area contributed by atoms with Crippen molar-refractivity contribution in [3.05, 3.63) is 66.5 Å². The average molecular weight is 547 g/mol. The molecule has 1 aliphatic heterocycles. The molecule has 0 saturated carbocycles. The predicted molar refractivity (Wildman–Crippen MR) is 137 cm³/mol. The van der Waals surface area contributed by atoms with Crippen LogP contribution in [0, 0.1) is 0 Å². The normalized spacial score (nSPS) is 14.7. The number of ether oxygens (including phenoxy) is 1. The van der Waals surface area contributed by atoms with Crippen molar-refractivity contribution < 1.29 is 4.74 Å². The Bertz CT molecular complexity index is 957. The van der Waals surface area contributed by atoms with Gasteiger partial charge in [0, 0.05) is 51.9 Å². The van der Waals surface area contributed by atoms with Crippen molar-refractivity contribution in [1.29, 1.82) is 0 Å². The fraction of sp³-hybridized carbons (Fsp3) is 0.348. The first kappa shape index (κ1) is 24.0. The van der Waals surface area contributed by atoms with Crippen LogP contribution < -0.4 is 10.1 Å². The minimum atomic E-state index is 0. The van der Waals surface area contributed by atoms with Crippen LogP contribution in [0.1, 0.15) is 5.56 Å². The first-order chi connectivity index (χ1) is 15.3. The highest BCUT2D eigenvalue weighted by Crippen LogP contribution is 2.15. The molecule has 0 atom stereocenters. The van der Waals surface area contributed by atoms with Gasteiger partial charge in [-0.25, -0.2) is 4.98 Å². The predicted octanol–water partition coefficient (Wildman–Crippen LogP) is 2.86. The summed E-state index contributed by atoms with van der Waals surface area (Å²) in [5, 5.41) is 10.3. The molecule has 0 spiro atoms. The van der Waals surface area contributed by atoms with Gasteiger partial charge in [0.05, 0.1) is 0 Å². The number of aliphatic imine (C=N–C) groups is 1. The first-order valence-corrected chi connectivity index (χ1v) is 10.6. The second kappa shape index (κ2) is 12.4. The number of hydrogen-bond donors (Lipinski definition) is 2. The number of rotatable bonds is 7. The molecule has 8 nitrogen and oxygen atoms in total. The number of piperazine rings is 1. The molecule has 170 valence electrons. The molecule has 0 bridgehead atoms. The summed E-state index contributed by atoms with van der Waals surface area (Å²) in [6, 6.07) is 18.3. The first-order valence-electron chi connectivity index (χ1n) is 10.6. The lowest BCUT2D eigenvalue weighted by atomic mass is 10.1. The van der Waals surface area contributed by atoms with Crippen molar-refractivity contribution in [1.82, 2.24) is 30.3 Å². The topological polar surface area (TPSA) is 81.7 Å². The summed E-state index contributed by atoms with van der Waals surface area (Å²) in [4.78, 5) is 13.5. The van der Waals surface area contributed by atoms with Gasteiger partial charge in [0.25, 0.3) is 0 Å². The van der Waals surface area contributed by atoms with E-state index in [0.717, 1.165) is 55.8 Å². The van der Waals surface area contributed by atoms with Crippen LogP contribution in [0.4, 0.5) is 0 Å². The van der Waals surface area contributed by atoms with Crippen molar-refractivity contribution in [3.8, 4) is 17.1 Å². The van der Waals surface area contributed by atoms with Gasteiger partial charge >= 0.3 is 0 Å². The van der Waals surface area contributed by atoms with Gasteiger partial charge in [-0.2, -0.15) is 5.10 Å². The van der Waals surface area contributed by atoms with Gasteiger partial charge in [-0.15, -0.1) is 24.0 Å². The molecule has 1 aromatic heterocycles. The van der Waals surface area contributed by atoms with Crippen LogP contribution in [-0.2, 0) is 6.54 Å². The van der Waals surface area contributed by atoms with E-state index < -0.39 is 0 Å². The third kappa shape index (κ3) is 6.67. The summed E-state index contributed by atoms with van der Waals surface area (Å²) in [6.07, 6.45) is 1.52. The standard InChI is InChI=1S/C23H29N7O.HI/c1-24-23(25-17-19-6-5-7-20(16-19)22-26-18-27-28-22)30-12-10-29(11-13-30)14-15-31-21-8-3-2-4-9-21;/h2-9,16,18H,10-15,17H2,1H3,(H,24,25)(H,26,27,28);1H. The number of nitrogens with zero attached hydrogens (tertiary/aromatic N) is 5. The summed E-state index contributed by atoms with van der Waals surface area (Å²) in [6.45, 7) is 6.24. The molecular formula is C23H30IN7O. The van der Waals surface area contributed by atoms with E-state index in [0.29, 0.717) is 13.2 Å². The van der Waals surface area contributed by atoms with E-state index in [9.17, 15) is 0 Å². The lowest BCUT2D eigenvalue weighted by molar-refractivity contribution is 0.152. The maximum atomic E-state index is 5.83. The zero-order valence-electron chi connectivity index (χ0n) is 18.3. The van der Waals surface area contributed by atoms with Crippen LogP contribution >= 0.6 is 24.0 Å². The van der Waals surface area contributed by atoms with E-state index in [-0.39, 0.29) is 24.0 Å². The van der Waals surface area contributed by atoms with Crippen molar-refractivity contribution in [2.45, 2.75) is 6.54 Å². The molecule has 0 aliphatic carbocycles. The quantitative estimate of drug-likeness (QED) is 0.269. The Labute approximate surface area is 206 Å². The van der Waals surface area contributed by atoms with E-state index in [1.807, 2.05) is 49.5 Å². The molecule has 3 aromatic rings. The Hall–Kier alpha value is -2.66. The Morgan fingerprint density at radius 2 is 1.91 bits per heavy atom. The molecule has 0 amide bonds. The molecule has 9 heteroatoms. The number of H-pyrrole nitrogens is 1. The third-order valence-corrected chi connectivity index (χ3v) is 5.37. The monoisotopic (exact) mass is 547 g/mol. The number of nitrogens with one attached hydrogen (secondary N) is 2. The molecule has 32 heavy (non-hydrogen) atoms. The Morgan fingerprint density at radius 3 is 2.62 bits per heavy atom. The zero-order chi connectivity index (χ0) is 21.3. The number of halogens is 1. The van der Waals surface area contributed by atoms with Crippen molar-refractivity contribution >= 4 is 29.9 Å². The Balaban J connectivity index is 0.00000289. The molecule has 2 aromatic carbocycles. The third-order valence-electron chi connectivity index (χ3n) is 5.37. The fourth-order valence-corrected chi connectivity index (χ4v) is 3.68. The molecule has 4 rings (SSSR count). The van der Waals surface area contributed by atoms with Gasteiger partial charge in [0.1, 0.15) is 18.7 Å². The van der Waals surface area contributed by atoms with Crippen LogP contribution in [0.2, 0.25) is 0 Å². The number of guanidine groups is 1. The molecular weight excluding hydrogens is 517 g/mol. The number of aromatic amines is 1.